The Balaban J connectivity index is 3.30. The number of carbonyl (C=O) groups excluding carboxylic acids is 1. The van der Waals surface area contributed by atoms with Gasteiger partial charge < -0.3 is 4.79 Å². The quantitative estimate of drug-likeness (QED) is 0.291. The van der Waals surface area contributed by atoms with Gasteiger partial charge in [-0.05, 0) is 23.5 Å². The summed E-state index contributed by atoms with van der Waals surface area (Å²) in [4.78, 5) is 9.76. The zero-order valence-electron chi connectivity index (χ0n) is 5.46. The lowest BCUT2D eigenvalue weighted by Crippen LogP contribution is -2.00. The lowest BCUT2D eigenvalue weighted by Gasteiger charge is -2.02. The van der Waals surface area contributed by atoms with E-state index in [2.05, 4.69) is 9.24 Å². The van der Waals surface area contributed by atoms with Gasteiger partial charge in [0.15, 0.2) is 0 Å². The van der Waals surface area contributed by atoms with E-state index in [1.807, 2.05) is 0 Å². The second kappa shape index (κ2) is 6.26. The van der Waals surface area contributed by atoms with Crippen molar-refractivity contribution in [3.63, 3.8) is 0 Å². The summed E-state index contributed by atoms with van der Waals surface area (Å²) in [6.07, 6.45) is 2.86. The maximum Gasteiger partial charge on any atom is 0.121 e. The molecular weight excluding hydrogens is 191 g/mol. The number of hydrogen-bond donors (Lipinski definition) is 0. The van der Waals surface area contributed by atoms with Crippen LogP contribution in [0.5, 0.6) is 0 Å². The van der Waals surface area contributed by atoms with Gasteiger partial charge in [-0.2, -0.15) is 0 Å². The van der Waals surface area contributed by atoms with Crippen LogP contribution in [0.15, 0.2) is 0 Å². The first-order valence-corrected chi connectivity index (χ1v) is 5.65. The largest absolute Gasteiger partial charge is 0.303 e. The zero-order chi connectivity index (χ0) is 7.98. The Bertz CT molecular complexity index is 131. The first-order valence-electron chi connectivity index (χ1n) is 2.94. The van der Waals surface area contributed by atoms with E-state index in [4.69, 9.17) is 10.7 Å². The lowest BCUT2D eigenvalue weighted by molar-refractivity contribution is -0.107. The van der Waals surface area contributed by atoms with Crippen molar-refractivity contribution in [2.24, 2.45) is 0 Å². The number of unbranched alkanes of at least 4 members (excludes halogenated alkanes) is 1. The fourth-order valence-corrected chi connectivity index (χ4v) is 1.35. The van der Waals surface area contributed by atoms with Crippen molar-refractivity contribution in [2.75, 3.05) is 0 Å². The molecule has 0 N–H and O–H groups in total. The van der Waals surface area contributed by atoms with Crippen molar-refractivity contribution in [3.05, 3.63) is 0 Å². The Morgan fingerprint density at radius 3 is 2.70 bits per heavy atom. The van der Waals surface area contributed by atoms with Crippen LogP contribution in [-0.2, 0) is 14.8 Å². The van der Waals surface area contributed by atoms with Gasteiger partial charge in [-0.25, -0.2) is 4.21 Å². The second-order valence-corrected chi connectivity index (χ2v) is 5.19. The molecule has 0 radical (unpaired) electrons. The molecule has 0 spiro atoms. The highest BCUT2D eigenvalue weighted by molar-refractivity contribution is 8.11. The van der Waals surface area contributed by atoms with Gasteiger partial charge in [0.05, 0.1) is 4.99 Å². The predicted octanol–water partition coefficient (Wildman–Crippen LogP) is 1.46. The molecule has 0 saturated heterocycles. The van der Waals surface area contributed by atoms with Crippen molar-refractivity contribution in [1.82, 2.24) is 0 Å². The maximum atomic E-state index is 10.5. The Hall–Kier alpha value is 0.540. The zero-order valence-corrected chi connectivity index (χ0v) is 8.18. The topological polar surface area (TPSA) is 34.1 Å². The number of halogens is 1. The molecule has 0 aliphatic rings. The van der Waals surface area contributed by atoms with E-state index in [9.17, 15) is 9.00 Å². The molecular formula is C5H10ClO2PS. The molecule has 0 aliphatic carbocycles. The van der Waals surface area contributed by atoms with Crippen LogP contribution >= 0.6 is 19.9 Å². The summed E-state index contributed by atoms with van der Waals surface area (Å²) in [5.41, 5.74) is 0. The van der Waals surface area contributed by atoms with Gasteiger partial charge in [0, 0.05) is 6.42 Å². The fraction of sp³-hybridized carbons (Fsp3) is 0.800. The normalized spacial score (nSPS) is 16.2. The molecule has 0 saturated carbocycles. The van der Waals surface area contributed by atoms with Crippen LogP contribution in [0.3, 0.4) is 0 Å². The monoisotopic (exact) mass is 200 g/mol. The molecule has 0 aromatic carbocycles. The average Bonchev–Trinajstić information content (AvgIpc) is 1.88. The molecule has 5 heteroatoms. The molecule has 0 rings (SSSR count). The van der Waals surface area contributed by atoms with Gasteiger partial charge in [-0.3, -0.25) is 0 Å². The van der Waals surface area contributed by atoms with Crippen molar-refractivity contribution in [3.8, 4) is 0 Å². The summed E-state index contributed by atoms with van der Waals surface area (Å²) in [5.74, 6) is 0. The van der Waals surface area contributed by atoms with Crippen LogP contribution < -0.4 is 0 Å². The standard InChI is InChI=1S/C5H10ClO2PS/c6-10(8)5(9)3-1-2-4-7/h4-5H,1-3,9H2. The minimum absolute atomic E-state index is 0.0818. The molecule has 2 nitrogen and oxygen atoms in total. The van der Waals surface area contributed by atoms with Crippen LogP contribution in [0.1, 0.15) is 19.3 Å². The molecule has 3 atom stereocenters. The molecule has 0 bridgehead atoms. The van der Waals surface area contributed by atoms with E-state index < -0.39 is 10.0 Å². The maximum absolute atomic E-state index is 10.5. The van der Waals surface area contributed by atoms with Crippen LogP contribution in [-0.4, -0.2) is 15.5 Å². The molecule has 0 heterocycles. The minimum atomic E-state index is -1.29. The van der Waals surface area contributed by atoms with Gasteiger partial charge >= 0.3 is 0 Å². The molecule has 0 aliphatic heterocycles. The third-order valence-electron chi connectivity index (χ3n) is 1.05. The molecule has 10 heavy (non-hydrogen) atoms. The van der Waals surface area contributed by atoms with E-state index in [-0.39, 0.29) is 4.99 Å². The Kier molecular flexibility index (Phi) is 6.60. The van der Waals surface area contributed by atoms with Gasteiger partial charge in [-0.1, -0.05) is 0 Å². The van der Waals surface area contributed by atoms with Crippen LogP contribution in [0.4, 0.5) is 0 Å². The van der Waals surface area contributed by atoms with Gasteiger partial charge in [-0.15, -0.1) is 9.24 Å². The Labute approximate surface area is 69.9 Å². The van der Waals surface area contributed by atoms with Crippen LogP contribution in [0, 0.1) is 0 Å². The summed E-state index contributed by atoms with van der Waals surface area (Å²) in [7, 11) is 6.37. The van der Waals surface area contributed by atoms with E-state index in [0.29, 0.717) is 6.42 Å². The molecule has 0 aromatic heterocycles. The Morgan fingerprint density at radius 2 is 2.30 bits per heavy atom. The third-order valence-corrected chi connectivity index (χ3v) is 4.04. The number of aldehydes is 1. The highest BCUT2D eigenvalue weighted by Crippen LogP contribution is 2.15. The first kappa shape index (κ1) is 10.5. The van der Waals surface area contributed by atoms with Crippen LogP contribution in [0.25, 0.3) is 0 Å². The summed E-state index contributed by atoms with van der Waals surface area (Å²) in [6.45, 7) is 0. The van der Waals surface area contributed by atoms with Gasteiger partial charge in [0.25, 0.3) is 0 Å². The van der Waals surface area contributed by atoms with Crippen molar-refractivity contribution in [2.45, 2.75) is 24.3 Å². The molecule has 0 aromatic rings. The molecule has 3 unspecified atom stereocenters. The van der Waals surface area contributed by atoms with Crippen molar-refractivity contribution >= 4 is 36.2 Å². The molecule has 0 amide bonds. The third kappa shape index (κ3) is 5.33. The highest BCUT2D eigenvalue weighted by Gasteiger charge is 2.06. The van der Waals surface area contributed by atoms with Crippen LogP contribution in [0.2, 0.25) is 0 Å². The summed E-state index contributed by atoms with van der Waals surface area (Å²) < 4.78 is 10.5. The SMILES string of the molecule is O=CCCCC(P)S(=O)Cl. The second-order valence-electron chi connectivity index (χ2n) is 1.88. The van der Waals surface area contributed by atoms with Crippen molar-refractivity contribution in [1.29, 1.82) is 0 Å². The van der Waals surface area contributed by atoms with Gasteiger partial charge in [0.2, 0.25) is 0 Å². The first-order chi connectivity index (χ1) is 4.68. The minimum Gasteiger partial charge on any atom is -0.303 e. The smallest absolute Gasteiger partial charge is 0.121 e. The van der Waals surface area contributed by atoms with E-state index >= 15 is 0 Å². The van der Waals surface area contributed by atoms with Crippen molar-refractivity contribution < 1.29 is 9.00 Å². The fourth-order valence-electron chi connectivity index (χ4n) is 0.495. The summed E-state index contributed by atoms with van der Waals surface area (Å²) >= 11 is 0. The summed E-state index contributed by atoms with van der Waals surface area (Å²) in [6, 6.07) is 0. The highest BCUT2D eigenvalue weighted by atomic mass is 35.7. The summed E-state index contributed by atoms with van der Waals surface area (Å²) in [5, 5.41) is 0. The van der Waals surface area contributed by atoms with E-state index in [1.54, 1.807) is 0 Å². The lowest BCUT2D eigenvalue weighted by atomic mass is 10.3. The number of carbonyl (C=O) groups is 1. The van der Waals surface area contributed by atoms with E-state index in [1.165, 1.54) is 0 Å². The average molecular weight is 201 g/mol. The number of hydrogen-bond acceptors (Lipinski definition) is 2. The molecule has 0 fully saturated rings. The molecule has 60 valence electrons. The van der Waals surface area contributed by atoms with E-state index in [0.717, 1.165) is 19.1 Å². The predicted molar refractivity (Wildman–Crippen MR) is 47.4 cm³/mol. The Morgan fingerprint density at radius 1 is 1.70 bits per heavy atom. The number of rotatable bonds is 5. The van der Waals surface area contributed by atoms with Gasteiger partial charge in [0.1, 0.15) is 16.3 Å².